The predicted molar refractivity (Wildman–Crippen MR) is 124 cm³/mol. The molecule has 5 heteroatoms. The molecule has 0 saturated heterocycles. The van der Waals surface area contributed by atoms with E-state index in [2.05, 4.69) is 60.5 Å². The Kier molecular flexibility index (Phi) is 9.92. The van der Waals surface area contributed by atoms with E-state index in [1.54, 1.807) is 11.9 Å². The van der Waals surface area contributed by atoms with Gasteiger partial charge in [-0.2, -0.15) is 0 Å². The number of thiol groups is 1. The number of allylic oxidation sites excluding steroid dienone is 1. The molecule has 0 fully saturated rings. The largest absolute Gasteiger partial charge is 0.389 e. The summed E-state index contributed by atoms with van der Waals surface area (Å²) >= 11 is 12.1. The highest BCUT2D eigenvalue weighted by Crippen LogP contribution is 2.22. The summed E-state index contributed by atoms with van der Waals surface area (Å²) in [6.07, 6.45) is 7.26. The van der Waals surface area contributed by atoms with Crippen LogP contribution in [0.1, 0.15) is 30.4 Å². The van der Waals surface area contributed by atoms with Gasteiger partial charge < -0.3 is 5.32 Å². The summed E-state index contributed by atoms with van der Waals surface area (Å²) in [6.45, 7) is 8.08. The highest BCUT2D eigenvalue weighted by atomic mass is 35.5. The lowest BCUT2D eigenvalue weighted by Gasteiger charge is -2.09. The zero-order valence-electron chi connectivity index (χ0n) is 15.7. The van der Waals surface area contributed by atoms with Gasteiger partial charge in [0.25, 0.3) is 0 Å². The predicted octanol–water partition coefficient (Wildman–Crippen LogP) is 6.52. The van der Waals surface area contributed by atoms with E-state index in [-0.39, 0.29) is 0 Å². The average Bonchev–Trinajstić information content (AvgIpc) is 2.64. The summed E-state index contributed by atoms with van der Waals surface area (Å²) in [5.74, 6) is 0. The maximum absolute atomic E-state index is 5.98. The van der Waals surface area contributed by atoms with E-state index in [4.69, 9.17) is 11.6 Å². The number of aryl methyl sites for hydroxylation is 1. The van der Waals surface area contributed by atoms with Crippen molar-refractivity contribution in [3.63, 3.8) is 0 Å². The highest BCUT2D eigenvalue weighted by molar-refractivity contribution is 7.97. The Labute approximate surface area is 178 Å². The summed E-state index contributed by atoms with van der Waals surface area (Å²) in [5, 5.41) is 4.18. The molecule has 0 spiro atoms. The van der Waals surface area contributed by atoms with E-state index in [0.29, 0.717) is 0 Å². The van der Waals surface area contributed by atoms with Crippen LogP contribution in [0.15, 0.2) is 70.6 Å². The molecule has 2 aromatic rings. The summed E-state index contributed by atoms with van der Waals surface area (Å²) in [4.78, 5) is 2.21. The van der Waals surface area contributed by atoms with E-state index in [0.717, 1.165) is 53.5 Å². The molecule has 27 heavy (non-hydrogen) atoms. The number of halogens is 1. The Balaban J connectivity index is 1.53. The monoisotopic (exact) mass is 418 g/mol. The van der Waals surface area contributed by atoms with Gasteiger partial charge in [0.1, 0.15) is 0 Å². The molecule has 2 nitrogen and oxygen atoms in total. The van der Waals surface area contributed by atoms with Gasteiger partial charge in [-0.3, -0.25) is 4.72 Å². The summed E-state index contributed by atoms with van der Waals surface area (Å²) < 4.78 is 3.41. The Morgan fingerprint density at radius 1 is 1.19 bits per heavy atom. The van der Waals surface area contributed by atoms with Gasteiger partial charge in [-0.15, -0.1) is 12.6 Å². The fourth-order valence-corrected chi connectivity index (χ4v) is 3.69. The Morgan fingerprint density at radius 3 is 2.74 bits per heavy atom. The van der Waals surface area contributed by atoms with E-state index >= 15 is 0 Å². The van der Waals surface area contributed by atoms with Gasteiger partial charge in [-0.25, -0.2) is 0 Å². The smallest absolute Gasteiger partial charge is 0.0409 e. The molecule has 2 aromatic carbocycles. The molecule has 0 aliphatic rings. The lowest BCUT2D eigenvalue weighted by atomic mass is 10.2. The molecule has 2 rings (SSSR count). The summed E-state index contributed by atoms with van der Waals surface area (Å²) in [6, 6.07) is 14.0. The number of benzene rings is 2. The minimum Gasteiger partial charge on any atom is -0.389 e. The van der Waals surface area contributed by atoms with Crippen LogP contribution in [-0.2, 0) is 0 Å². The van der Waals surface area contributed by atoms with Crippen LogP contribution in [0, 0.1) is 6.92 Å². The van der Waals surface area contributed by atoms with E-state index in [1.807, 2.05) is 30.3 Å². The van der Waals surface area contributed by atoms with E-state index in [1.165, 1.54) is 10.5 Å². The third kappa shape index (κ3) is 8.48. The first kappa shape index (κ1) is 22.0. The second kappa shape index (κ2) is 12.2. The van der Waals surface area contributed by atoms with Crippen molar-refractivity contribution in [3.05, 3.63) is 77.0 Å². The van der Waals surface area contributed by atoms with Crippen LogP contribution in [0.3, 0.4) is 0 Å². The maximum atomic E-state index is 5.98. The lowest BCUT2D eigenvalue weighted by molar-refractivity contribution is 0.668. The van der Waals surface area contributed by atoms with Crippen molar-refractivity contribution in [3.8, 4) is 0 Å². The van der Waals surface area contributed by atoms with Crippen molar-refractivity contribution in [1.82, 2.24) is 10.0 Å². The second-order valence-corrected chi connectivity index (χ2v) is 8.16. The van der Waals surface area contributed by atoms with Crippen molar-refractivity contribution in [2.24, 2.45) is 0 Å². The third-order valence-electron chi connectivity index (χ3n) is 4.00. The zero-order valence-corrected chi connectivity index (χ0v) is 18.1. The van der Waals surface area contributed by atoms with Gasteiger partial charge in [0.15, 0.2) is 0 Å². The standard InChI is InChI=1S/C22H27ClN2S2/c1-17-16-20(23)12-13-22(17)27-25-15-6-5-14-24-18(2)8-7-10-19-9-3-4-11-21(19)26/h3-4,7,9-13,16,24-26H,2,5-6,8,14-15H2,1H3/b10-7+. The van der Waals surface area contributed by atoms with Gasteiger partial charge in [-0.05, 0) is 67.1 Å². The Hall–Kier alpha value is -1.33. The topological polar surface area (TPSA) is 24.1 Å². The molecule has 2 N–H and O–H groups in total. The van der Waals surface area contributed by atoms with E-state index in [9.17, 15) is 0 Å². The zero-order chi connectivity index (χ0) is 19.5. The van der Waals surface area contributed by atoms with Crippen LogP contribution in [0.25, 0.3) is 6.08 Å². The number of hydrogen-bond donors (Lipinski definition) is 3. The van der Waals surface area contributed by atoms with Gasteiger partial charge in [0.05, 0.1) is 0 Å². The Morgan fingerprint density at radius 2 is 1.96 bits per heavy atom. The first-order valence-electron chi connectivity index (χ1n) is 9.08. The van der Waals surface area contributed by atoms with Gasteiger partial charge in [0, 0.05) is 40.0 Å². The van der Waals surface area contributed by atoms with Crippen molar-refractivity contribution in [2.45, 2.75) is 36.0 Å². The van der Waals surface area contributed by atoms with Gasteiger partial charge >= 0.3 is 0 Å². The van der Waals surface area contributed by atoms with Crippen molar-refractivity contribution in [2.75, 3.05) is 13.1 Å². The third-order valence-corrected chi connectivity index (χ3v) is 5.67. The number of unbranched alkanes of at least 4 members (excludes halogenated alkanes) is 1. The molecule has 0 heterocycles. The van der Waals surface area contributed by atoms with Crippen molar-refractivity contribution >= 4 is 42.3 Å². The first-order valence-corrected chi connectivity index (χ1v) is 10.7. The molecule has 0 unspecified atom stereocenters. The highest BCUT2D eigenvalue weighted by Gasteiger charge is 2.00. The lowest BCUT2D eigenvalue weighted by Crippen LogP contribution is -2.15. The van der Waals surface area contributed by atoms with Crippen LogP contribution in [0.5, 0.6) is 0 Å². The van der Waals surface area contributed by atoms with Crippen LogP contribution in [-0.4, -0.2) is 13.1 Å². The summed E-state index contributed by atoms with van der Waals surface area (Å²) in [7, 11) is 0. The molecule has 0 saturated carbocycles. The molecule has 0 aliphatic heterocycles. The molecule has 0 radical (unpaired) electrons. The normalized spacial score (nSPS) is 11.1. The number of rotatable bonds is 11. The quantitative estimate of drug-likeness (QED) is 0.220. The fourth-order valence-electron chi connectivity index (χ4n) is 2.47. The second-order valence-electron chi connectivity index (χ2n) is 6.31. The summed E-state index contributed by atoms with van der Waals surface area (Å²) in [5.41, 5.74) is 3.38. The van der Waals surface area contributed by atoms with Crippen LogP contribution >= 0.6 is 36.2 Å². The van der Waals surface area contributed by atoms with Gasteiger partial charge in [0.2, 0.25) is 0 Å². The van der Waals surface area contributed by atoms with Gasteiger partial charge in [-0.1, -0.05) is 48.5 Å². The molecular weight excluding hydrogens is 392 g/mol. The molecule has 0 aliphatic carbocycles. The van der Waals surface area contributed by atoms with Crippen LogP contribution < -0.4 is 10.0 Å². The van der Waals surface area contributed by atoms with Crippen LogP contribution in [0.2, 0.25) is 5.02 Å². The van der Waals surface area contributed by atoms with Crippen molar-refractivity contribution in [1.29, 1.82) is 0 Å². The maximum Gasteiger partial charge on any atom is 0.0409 e. The minimum atomic E-state index is 0.785. The fraction of sp³-hybridized carbons (Fsp3) is 0.273. The van der Waals surface area contributed by atoms with Crippen LogP contribution in [0.4, 0.5) is 0 Å². The molecule has 0 amide bonds. The molecule has 0 bridgehead atoms. The number of nitrogens with one attached hydrogen (secondary N) is 2. The molecule has 0 aromatic heterocycles. The number of hydrogen-bond acceptors (Lipinski definition) is 4. The van der Waals surface area contributed by atoms with Crippen molar-refractivity contribution < 1.29 is 0 Å². The van der Waals surface area contributed by atoms with E-state index < -0.39 is 0 Å². The molecule has 144 valence electrons. The minimum absolute atomic E-state index is 0.785. The first-order chi connectivity index (χ1) is 13.1. The molecule has 0 atom stereocenters. The Bertz CT molecular complexity index is 775. The SMILES string of the molecule is C=C(C/C=C/c1ccccc1S)NCCCCNSc1ccc(Cl)cc1C. The molecular formula is C22H27ClN2S2. The average molecular weight is 419 g/mol.